The summed E-state index contributed by atoms with van der Waals surface area (Å²) in [7, 11) is 0. The number of carbonyl (C=O) groups is 1. The van der Waals surface area contributed by atoms with Gasteiger partial charge in [0.15, 0.2) is 0 Å². The molecule has 0 spiro atoms. The Morgan fingerprint density at radius 2 is 1.62 bits per heavy atom. The van der Waals surface area contributed by atoms with Crippen molar-refractivity contribution in [2.24, 2.45) is 0 Å². The zero-order valence-corrected chi connectivity index (χ0v) is 9.63. The molecule has 13 heavy (non-hydrogen) atoms. The van der Waals surface area contributed by atoms with Crippen LogP contribution in [0.25, 0.3) is 0 Å². The number of hydrogen-bond acceptors (Lipinski definition) is 2. The van der Waals surface area contributed by atoms with Gasteiger partial charge in [-0.05, 0) is 27.7 Å². The van der Waals surface area contributed by atoms with Crippen LogP contribution in [0, 0.1) is 0 Å². The van der Waals surface area contributed by atoms with Crippen molar-refractivity contribution in [3.8, 4) is 0 Å². The van der Waals surface area contributed by atoms with Crippen LogP contribution < -0.4 is 0 Å². The lowest BCUT2D eigenvalue weighted by Crippen LogP contribution is -2.38. The van der Waals surface area contributed by atoms with Gasteiger partial charge in [-0.15, -0.1) is 0 Å². The van der Waals surface area contributed by atoms with E-state index >= 15 is 0 Å². The molecular weight excluding hydrogens is 162 g/mol. The Bertz CT molecular complexity index is 144. The lowest BCUT2D eigenvalue weighted by molar-refractivity contribution is -0.119. The molecule has 2 heteroatoms. The Balaban J connectivity index is 3.90. The Labute approximate surface area is 82.3 Å². The highest BCUT2D eigenvalue weighted by Crippen LogP contribution is 2.06. The zero-order chi connectivity index (χ0) is 10.4. The third-order valence-electron chi connectivity index (χ3n) is 2.37. The smallest absolute Gasteiger partial charge is 0.133 e. The fourth-order valence-corrected chi connectivity index (χ4v) is 1.54. The van der Waals surface area contributed by atoms with Crippen molar-refractivity contribution in [3.05, 3.63) is 0 Å². The van der Waals surface area contributed by atoms with Crippen LogP contribution in [0.1, 0.15) is 47.5 Å². The predicted molar refractivity (Wildman–Crippen MR) is 56.9 cm³/mol. The van der Waals surface area contributed by atoms with E-state index in [1.165, 1.54) is 0 Å². The summed E-state index contributed by atoms with van der Waals surface area (Å²) in [4.78, 5) is 13.5. The van der Waals surface area contributed by atoms with E-state index in [0.717, 1.165) is 6.54 Å². The average Bonchev–Trinajstić information content (AvgIpc) is 2.03. The number of nitrogens with zero attached hydrogens (tertiary/aromatic N) is 1. The third kappa shape index (κ3) is 5.04. The highest BCUT2D eigenvalue weighted by molar-refractivity contribution is 5.78. The monoisotopic (exact) mass is 185 g/mol. The van der Waals surface area contributed by atoms with Gasteiger partial charge in [0.05, 0.1) is 0 Å². The minimum Gasteiger partial charge on any atom is -0.300 e. The first kappa shape index (κ1) is 12.6. The molecule has 0 N–H and O–H groups in total. The number of rotatable bonds is 6. The molecular formula is C11H23NO. The van der Waals surface area contributed by atoms with Crippen LogP contribution in [-0.4, -0.2) is 29.3 Å². The molecule has 0 aromatic heterocycles. The van der Waals surface area contributed by atoms with Gasteiger partial charge in [0.2, 0.25) is 0 Å². The Kier molecular flexibility index (Phi) is 5.97. The van der Waals surface area contributed by atoms with Crippen LogP contribution in [0.15, 0.2) is 0 Å². The predicted octanol–water partition coefficient (Wildman–Crippen LogP) is 2.47. The quantitative estimate of drug-likeness (QED) is 0.633. The topological polar surface area (TPSA) is 20.3 Å². The van der Waals surface area contributed by atoms with Gasteiger partial charge in [-0.25, -0.2) is 0 Å². The maximum absolute atomic E-state index is 11.1. The molecule has 0 fully saturated rings. The second-order valence-corrected chi connectivity index (χ2v) is 4.07. The molecule has 0 aliphatic carbocycles. The lowest BCUT2D eigenvalue weighted by atomic mass is 10.1. The fraction of sp³-hybridized carbons (Fsp3) is 0.909. The molecule has 0 aliphatic heterocycles. The normalized spacial score (nSPS) is 11.7. The molecule has 0 heterocycles. The van der Waals surface area contributed by atoms with Crippen LogP contribution in [0.4, 0.5) is 0 Å². The molecule has 2 nitrogen and oxygen atoms in total. The van der Waals surface area contributed by atoms with Crippen molar-refractivity contribution in [1.82, 2.24) is 4.90 Å². The first-order valence-corrected chi connectivity index (χ1v) is 5.26. The number of ketones is 1. The minimum atomic E-state index is 0.367. The van der Waals surface area contributed by atoms with Gasteiger partial charge in [-0.1, -0.05) is 6.92 Å². The first-order valence-electron chi connectivity index (χ1n) is 5.26. The largest absolute Gasteiger partial charge is 0.300 e. The highest BCUT2D eigenvalue weighted by atomic mass is 16.1. The first-order chi connectivity index (χ1) is 5.99. The van der Waals surface area contributed by atoms with E-state index in [1.54, 1.807) is 0 Å². The molecule has 0 aliphatic rings. The van der Waals surface area contributed by atoms with Crippen LogP contribution in [-0.2, 0) is 4.79 Å². The van der Waals surface area contributed by atoms with Gasteiger partial charge in [0.1, 0.15) is 5.78 Å². The van der Waals surface area contributed by atoms with Crippen LogP contribution in [0.2, 0.25) is 0 Å². The lowest BCUT2D eigenvalue weighted by Gasteiger charge is -2.30. The Morgan fingerprint density at radius 3 is 1.92 bits per heavy atom. The van der Waals surface area contributed by atoms with Gasteiger partial charge in [-0.2, -0.15) is 0 Å². The average molecular weight is 185 g/mol. The molecule has 78 valence electrons. The van der Waals surface area contributed by atoms with Gasteiger partial charge in [0, 0.05) is 31.5 Å². The standard InChI is InChI=1S/C11H23NO/c1-6-11(13)7-8-12(9(2)3)10(4)5/h9-10H,6-8H2,1-5H3. The summed E-state index contributed by atoms with van der Waals surface area (Å²) in [6.45, 7) is 11.5. The van der Waals surface area contributed by atoms with Crippen molar-refractivity contribution < 1.29 is 4.79 Å². The Hall–Kier alpha value is -0.370. The van der Waals surface area contributed by atoms with E-state index in [4.69, 9.17) is 0 Å². The van der Waals surface area contributed by atoms with E-state index < -0.39 is 0 Å². The maximum Gasteiger partial charge on any atom is 0.133 e. The summed E-state index contributed by atoms with van der Waals surface area (Å²) in [6, 6.07) is 1.06. The van der Waals surface area contributed by atoms with Crippen molar-refractivity contribution in [2.45, 2.75) is 59.5 Å². The summed E-state index contributed by atoms with van der Waals surface area (Å²) < 4.78 is 0. The molecule has 0 radical (unpaired) electrons. The molecule has 0 aromatic rings. The minimum absolute atomic E-state index is 0.367. The molecule has 0 aromatic carbocycles. The van der Waals surface area contributed by atoms with E-state index in [2.05, 4.69) is 32.6 Å². The molecule has 0 unspecified atom stereocenters. The third-order valence-corrected chi connectivity index (χ3v) is 2.37. The SMILES string of the molecule is CCC(=O)CCN(C(C)C)C(C)C. The summed E-state index contributed by atoms with van der Waals surface area (Å²) >= 11 is 0. The Morgan fingerprint density at radius 1 is 1.15 bits per heavy atom. The van der Waals surface area contributed by atoms with E-state index in [1.807, 2.05) is 6.92 Å². The maximum atomic E-state index is 11.1. The van der Waals surface area contributed by atoms with Crippen LogP contribution in [0.3, 0.4) is 0 Å². The molecule has 0 rings (SSSR count). The summed E-state index contributed by atoms with van der Waals surface area (Å²) in [5.74, 6) is 0.367. The van der Waals surface area contributed by atoms with E-state index in [9.17, 15) is 4.79 Å². The van der Waals surface area contributed by atoms with Crippen molar-refractivity contribution in [1.29, 1.82) is 0 Å². The van der Waals surface area contributed by atoms with Crippen molar-refractivity contribution in [2.75, 3.05) is 6.54 Å². The van der Waals surface area contributed by atoms with E-state index in [-0.39, 0.29) is 0 Å². The summed E-state index contributed by atoms with van der Waals surface area (Å²) in [5, 5.41) is 0. The van der Waals surface area contributed by atoms with Gasteiger partial charge >= 0.3 is 0 Å². The van der Waals surface area contributed by atoms with Gasteiger partial charge < -0.3 is 0 Å². The molecule has 0 saturated carbocycles. The molecule has 0 amide bonds. The van der Waals surface area contributed by atoms with E-state index in [0.29, 0.717) is 30.7 Å². The van der Waals surface area contributed by atoms with Gasteiger partial charge in [0.25, 0.3) is 0 Å². The highest BCUT2D eigenvalue weighted by Gasteiger charge is 2.13. The molecule has 0 bridgehead atoms. The van der Waals surface area contributed by atoms with Crippen molar-refractivity contribution >= 4 is 5.78 Å². The second kappa shape index (κ2) is 6.14. The van der Waals surface area contributed by atoms with Crippen LogP contribution in [0.5, 0.6) is 0 Å². The molecule has 0 atom stereocenters. The summed E-state index contributed by atoms with van der Waals surface area (Å²) in [6.07, 6.45) is 1.37. The fourth-order valence-electron chi connectivity index (χ4n) is 1.54. The van der Waals surface area contributed by atoms with Crippen molar-refractivity contribution in [3.63, 3.8) is 0 Å². The number of carbonyl (C=O) groups excluding carboxylic acids is 1. The molecule has 0 saturated heterocycles. The zero-order valence-electron chi connectivity index (χ0n) is 9.63. The van der Waals surface area contributed by atoms with Crippen LogP contribution >= 0.6 is 0 Å². The number of Topliss-reactive ketones (excluding diaryl/α,β-unsaturated/α-hetero) is 1. The second-order valence-electron chi connectivity index (χ2n) is 4.07. The summed E-state index contributed by atoms with van der Waals surface area (Å²) in [5.41, 5.74) is 0. The number of hydrogen-bond donors (Lipinski definition) is 0. The van der Waals surface area contributed by atoms with Gasteiger partial charge in [-0.3, -0.25) is 9.69 Å².